The highest BCUT2D eigenvalue weighted by atomic mass is 35.5. The van der Waals surface area contributed by atoms with Crippen molar-refractivity contribution in [2.24, 2.45) is 0 Å². The molecule has 18 heavy (non-hydrogen) atoms. The van der Waals surface area contributed by atoms with Crippen LogP contribution < -0.4 is 5.32 Å². The number of thioether (sulfide) groups is 1. The number of carbonyl (C=O) groups excluding carboxylic acids is 1. The first-order valence-corrected chi connectivity index (χ1v) is 7.52. The molecule has 1 aromatic rings. The van der Waals surface area contributed by atoms with Gasteiger partial charge in [-0.2, -0.15) is 11.8 Å². The Labute approximate surface area is 117 Å². The molecule has 100 valence electrons. The van der Waals surface area contributed by atoms with Crippen LogP contribution in [0.3, 0.4) is 0 Å². The van der Waals surface area contributed by atoms with Gasteiger partial charge in [0.1, 0.15) is 0 Å². The van der Waals surface area contributed by atoms with Crippen molar-refractivity contribution in [3.05, 3.63) is 34.3 Å². The number of halogens is 1. The maximum atomic E-state index is 12.0. The Bertz CT molecular complexity index is 406. The molecule has 1 aromatic carbocycles. The van der Waals surface area contributed by atoms with E-state index in [0.29, 0.717) is 17.0 Å². The van der Waals surface area contributed by atoms with E-state index in [9.17, 15) is 4.79 Å². The minimum Gasteiger partial charge on any atom is -0.396 e. The summed E-state index contributed by atoms with van der Waals surface area (Å²) in [5, 5.41) is 12.4. The number of benzene rings is 1. The lowest BCUT2D eigenvalue weighted by molar-refractivity contribution is 0.0935. The second-order valence-corrected chi connectivity index (χ2v) is 5.42. The van der Waals surface area contributed by atoms with E-state index in [0.717, 1.165) is 11.3 Å². The molecule has 1 atom stereocenters. The van der Waals surface area contributed by atoms with Crippen LogP contribution in [0.2, 0.25) is 5.02 Å². The Morgan fingerprint density at radius 2 is 2.28 bits per heavy atom. The largest absolute Gasteiger partial charge is 0.396 e. The average Bonchev–Trinajstić information content (AvgIpc) is 2.33. The highest BCUT2D eigenvalue weighted by Crippen LogP contribution is 2.16. The van der Waals surface area contributed by atoms with Gasteiger partial charge in [0.2, 0.25) is 0 Å². The highest BCUT2D eigenvalue weighted by Gasteiger charge is 2.13. The van der Waals surface area contributed by atoms with Crippen molar-refractivity contribution in [3.8, 4) is 0 Å². The van der Waals surface area contributed by atoms with E-state index in [1.165, 1.54) is 0 Å². The van der Waals surface area contributed by atoms with E-state index >= 15 is 0 Å². The van der Waals surface area contributed by atoms with Crippen molar-refractivity contribution in [2.75, 3.05) is 18.6 Å². The normalized spacial score (nSPS) is 12.2. The maximum absolute atomic E-state index is 12.0. The zero-order valence-corrected chi connectivity index (χ0v) is 12.1. The Morgan fingerprint density at radius 3 is 2.83 bits per heavy atom. The van der Waals surface area contributed by atoms with Gasteiger partial charge in [0.25, 0.3) is 5.91 Å². The molecule has 0 radical (unpaired) electrons. The van der Waals surface area contributed by atoms with Gasteiger partial charge in [0.15, 0.2) is 0 Å². The van der Waals surface area contributed by atoms with Gasteiger partial charge in [-0.15, -0.1) is 0 Å². The smallest absolute Gasteiger partial charge is 0.251 e. The molecule has 0 aliphatic carbocycles. The van der Waals surface area contributed by atoms with Gasteiger partial charge in [0.05, 0.1) is 0 Å². The van der Waals surface area contributed by atoms with Crippen molar-refractivity contribution in [1.29, 1.82) is 0 Å². The van der Waals surface area contributed by atoms with Crippen LogP contribution in [-0.4, -0.2) is 35.7 Å². The summed E-state index contributed by atoms with van der Waals surface area (Å²) in [6.07, 6.45) is 2.53. The molecule has 0 heterocycles. The van der Waals surface area contributed by atoms with Gasteiger partial charge in [-0.05, 0) is 37.3 Å². The summed E-state index contributed by atoms with van der Waals surface area (Å²) in [4.78, 5) is 12.0. The van der Waals surface area contributed by atoms with Crippen molar-refractivity contribution in [2.45, 2.75) is 19.4 Å². The number of aliphatic hydroxyl groups excluding tert-OH is 1. The van der Waals surface area contributed by atoms with E-state index < -0.39 is 0 Å². The minimum atomic E-state index is -0.149. The molecule has 1 unspecified atom stereocenters. The standard InChI is InChI=1S/C13H18ClNO2S/c1-9-3-4-10(7-12(9)14)13(17)15-11(5-6-16)8-18-2/h3-4,7,11,16H,5-6,8H2,1-2H3,(H,15,17). The van der Waals surface area contributed by atoms with Crippen LogP contribution in [0.15, 0.2) is 18.2 Å². The quantitative estimate of drug-likeness (QED) is 0.845. The number of nitrogens with one attached hydrogen (secondary N) is 1. The lowest BCUT2D eigenvalue weighted by atomic mass is 10.1. The first kappa shape index (κ1) is 15.3. The number of hydrogen-bond donors (Lipinski definition) is 2. The van der Waals surface area contributed by atoms with Crippen LogP contribution >= 0.6 is 23.4 Å². The lowest BCUT2D eigenvalue weighted by Gasteiger charge is -2.16. The third-order valence-corrected chi connectivity index (χ3v) is 3.76. The topological polar surface area (TPSA) is 49.3 Å². The number of carbonyl (C=O) groups is 1. The summed E-state index contributed by atoms with van der Waals surface area (Å²) in [5.41, 5.74) is 1.50. The summed E-state index contributed by atoms with van der Waals surface area (Å²) in [6.45, 7) is 1.96. The second-order valence-electron chi connectivity index (χ2n) is 4.10. The van der Waals surface area contributed by atoms with E-state index in [4.69, 9.17) is 16.7 Å². The van der Waals surface area contributed by atoms with Crippen LogP contribution in [-0.2, 0) is 0 Å². The maximum Gasteiger partial charge on any atom is 0.251 e. The predicted octanol–water partition coefficient (Wildman–Crippen LogP) is 2.49. The molecule has 3 nitrogen and oxygen atoms in total. The molecular weight excluding hydrogens is 270 g/mol. The van der Waals surface area contributed by atoms with Crippen LogP contribution in [0.1, 0.15) is 22.3 Å². The fourth-order valence-corrected chi connectivity index (χ4v) is 2.39. The van der Waals surface area contributed by atoms with E-state index in [-0.39, 0.29) is 18.6 Å². The van der Waals surface area contributed by atoms with Gasteiger partial charge >= 0.3 is 0 Å². The van der Waals surface area contributed by atoms with Crippen molar-refractivity contribution in [1.82, 2.24) is 5.32 Å². The molecule has 0 aromatic heterocycles. The Kier molecular flexibility index (Phi) is 6.54. The molecule has 2 N–H and O–H groups in total. The first-order chi connectivity index (χ1) is 8.58. The molecule has 0 spiro atoms. The number of aliphatic hydroxyl groups is 1. The third kappa shape index (κ3) is 4.52. The van der Waals surface area contributed by atoms with E-state index in [1.807, 2.05) is 19.2 Å². The van der Waals surface area contributed by atoms with Crippen LogP contribution in [0.4, 0.5) is 0 Å². The Balaban J connectivity index is 2.70. The lowest BCUT2D eigenvalue weighted by Crippen LogP contribution is -2.37. The first-order valence-electron chi connectivity index (χ1n) is 5.75. The summed E-state index contributed by atoms with van der Waals surface area (Å²) < 4.78 is 0. The van der Waals surface area contributed by atoms with Crippen molar-refractivity contribution in [3.63, 3.8) is 0 Å². The molecule has 0 saturated carbocycles. The SMILES string of the molecule is CSCC(CCO)NC(=O)c1ccc(C)c(Cl)c1. The molecular formula is C13H18ClNO2S. The summed E-state index contributed by atoms with van der Waals surface area (Å²) in [5.74, 6) is 0.635. The zero-order chi connectivity index (χ0) is 13.5. The fourth-order valence-electron chi connectivity index (χ4n) is 1.56. The van der Waals surface area contributed by atoms with Crippen LogP contribution in [0.5, 0.6) is 0 Å². The van der Waals surface area contributed by atoms with Gasteiger partial charge in [0, 0.05) is 29.0 Å². The molecule has 0 aliphatic heterocycles. The molecule has 0 saturated heterocycles. The summed E-state index contributed by atoms with van der Waals surface area (Å²) in [7, 11) is 0. The van der Waals surface area contributed by atoms with Gasteiger partial charge in [-0.25, -0.2) is 0 Å². The number of aryl methyl sites for hydroxylation is 1. The number of rotatable bonds is 6. The molecule has 1 amide bonds. The Morgan fingerprint density at radius 1 is 1.56 bits per heavy atom. The van der Waals surface area contributed by atoms with Gasteiger partial charge in [-0.3, -0.25) is 4.79 Å². The summed E-state index contributed by atoms with van der Waals surface area (Å²) in [6, 6.07) is 5.23. The third-order valence-electron chi connectivity index (χ3n) is 2.61. The van der Waals surface area contributed by atoms with Crippen molar-refractivity contribution >= 4 is 29.3 Å². The minimum absolute atomic E-state index is 0.0161. The monoisotopic (exact) mass is 287 g/mol. The molecule has 0 bridgehead atoms. The second kappa shape index (κ2) is 7.67. The average molecular weight is 288 g/mol. The number of hydrogen-bond acceptors (Lipinski definition) is 3. The van der Waals surface area contributed by atoms with Gasteiger partial charge in [-0.1, -0.05) is 17.7 Å². The molecule has 0 fully saturated rings. The van der Waals surface area contributed by atoms with E-state index in [1.54, 1.807) is 23.9 Å². The van der Waals surface area contributed by atoms with E-state index in [2.05, 4.69) is 5.32 Å². The van der Waals surface area contributed by atoms with Gasteiger partial charge < -0.3 is 10.4 Å². The Hall–Kier alpha value is -0.710. The van der Waals surface area contributed by atoms with Crippen molar-refractivity contribution < 1.29 is 9.90 Å². The summed E-state index contributed by atoms with van der Waals surface area (Å²) >= 11 is 7.63. The van der Waals surface area contributed by atoms with Crippen LogP contribution in [0.25, 0.3) is 0 Å². The zero-order valence-electron chi connectivity index (χ0n) is 10.6. The number of amides is 1. The molecule has 1 rings (SSSR count). The highest BCUT2D eigenvalue weighted by molar-refractivity contribution is 7.98. The molecule has 5 heteroatoms. The fraction of sp³-hybridized carbons (Fsp3) is 0.462. The molecule has 0 aliphatic rings. The predicted molar refractivity (Wildman–Crippen MR) is 77.5 cm³/mol. The van der Waals surface area contributed by atoms with Crippen LogP contribution in [0, 0.1) is 6.92 Å².